The SMILES string of the molecule is CCC1CN(C)CCCN1S(=O)(=O)CCCN1CCOCC1. The summed E-state index contributed by atoms with van der Waals surface area (Å²) < 4.78 is 32.5. The monoisotopic (exact) mass is 333 g/mol. The van der Waals surface area contributed by atoms with Crippen molar-refractivity contribution in [2.75, 3.05) is 65.3 Å². The van der Waals surface area contributed by atoms with Crippen molar-refractivity contribution in [2.45, 2.75) is 32.2 Å². The number of hydrogen-bond donors (Lipinski definition) is 0. The summed E-state index contributed by atoms with van der Waals surface area (Å²) in [7, 11) is -1.06. The van der Waals surface area contributed by atoms with Gasteiger partial charge < -0.3 is 9.64 Å². The first-order chi connectivity index (χ1) is 10.5. The Balaban J connectivity index is 1.87. The minimum absolute atomic E-state index is 0.126. The molecule has 2 rings (SSSR count). The zero-order chi connectivity index (χ0) is 16.0. The first kappa shape index (κ1) is 18.1. The smallest absolute Gasteiger partial charge is 0.214 e. The van der Waals surface area contributed by atoms with Gasteiger partial charge in [-0.1, -0.05) is 6.92 Å². The van der Waals surface area contributed by atoms with Gasteiger partial charge in [-0.3, -0.25) is 4.90 Å². The molecule has 0 amide bonds. The Morgan fingerprint density at radius 3 is 2.55 bits per heavy atom. The zero-order valence-electron chi connectivity index (χ0n) is 14.0. The van der Waals surface area contributed by atoms with Gasteiger partial charge in [-0.25, -0.2) is 8.42 Å². The van der Waals surface area contributed by atoms with E-state index in [1.54, 1.807) is 4.31 Å². The summed E-state index contributed by atoms with van der Waals surface area (Å²) in [5, 5.41) is 0. The predicted octanol–water partition coefficient (Wildman–Crippen LogP) is 0.455. The van der Waals surface area contributed by atoms with Crippen LogP contribution in [0.15, 0.2) is 0 Å². The fourth-order valence-corrected chi connectivity index (χ4v) is 5.14. The summed E-state index contributed by atoms with van der Waals surface area (Å²) in [5.41, 5.74) is 0. The first-order valence-electron chi connectivity index (χ1n) is 8.51. The van der Waals surface area contributed by atoms with Gasteiger partial charge in [0.05, 0.1) is 19.0 Å². The van der Waals surface area contributed by atoms with Gasteiger partial charge in [-0.15, -0.1) is 0 Å². The Kier molecular flexibility index (Phi) is 7.08. The van der Waals surface area contributed by atoms with Crippen LogP contribution >= 0.6 is 0 Å². The third-order valence-corrected chi connectivity index (χ3v) is 6.66. The van der Waals surface area contributed by atoms with E-state index >= 15 is 0 Å². The van der Waals surface area contributed by atoms with Crippen molar-refractivity contribution in [3.63, 3.8) is 0 Å². The molecule has 0 aromatic carbocycles. The van der Waals surface area contributed by atoms with Crippen LogP contribution < -0.4 is 0 Å². The van der Waals surface area contributed by atoms with Crippen LogP contribution in [0.25, 0.3) is 0 Å². The highest BCUT2D eigenvalue weighted by molar-refractivity contribution is 7.89. The van der Waals surface area contributed by atoms with Crippen LogP contribution in [0.4, 0.5) is 0 Å². The average Bonchev–Trinajstić information content (AvgIpc) is 2.70. The third-order valence-electron chi connectivity index (χ3n) is 4.66. The number of sulfonamides is 1. The standard InChI is InChI=1S/C15H31N3O3S/c1-3-15-14-16(2)6-4-8-18(15)22(19,20)13-5-7-17-9-11-21-12-10-17/h15H,3-14H2,1-2H3. The number of ether oxygens (including phenoxy) is 1. The molecule has 22 heavy (non-hydrogen) atoms. The molecule has 130 valence electrons. The van der Waals surface area contributed by atoms with E-state index in [9.17, 15) is 8.42 Å². The lowest BCUT2D eigenvalue weighted by molar-refractivity contribution is 0.0380. The summed E-state index contributed by atoms with van der Waals surface area (Å²) >= 11 is 0. The molecule has 2 aliphatic rings. The van der Waals surface area contributed by atoms with Crippen molar-refractivity contribution in [1.29, 1.82) is 0 Å². The minimum atomic E-state index is -3.14. The van der Waals surface area contributed by atoms with Crippen LogP contribution in [0.5, 0.6) is 0 Å². The summed E-state index contributed by atoms with van der Waals surface area (Å²) in [6.07, 6.45) is 2.52. The lowest BCUT2D eigenvalue weighted by Gasteiger charge is -2.30. The number of morpholine rings is 1. The van der Waals surface area contributed by atoms with Gasteiger partial charge in [0.15, 0.2) is 0 Å². The summed E-state index contributed by atoms with van der Waals surface area (Å²) in [6, 6.07) is 0.126. The molecule has 0 N–H and O–H groups in total. The van der Waals surface area contributed by atoms with Crippen LogP contribution in [-0.4, -0.2) is 93.8 Å². The van der Waals surface area contributed by atoms with Gasteiger partial charge in [-0.2, -0.15) is 4.31 Å². The Morgan fingerprint density at radius 1 is 1.14 bits per heavy atom. The maximum Gasteiger partial charge on any atom is 0.214 e. The summed E-state index contributed by atoms with van der Waals surface area (Å²) in [5.74, 6) is 0.268. The molecular weight excluding hydrogens is 302 g/mol. The first-order valence-corrected chi connectivity index (χ1v) is 10.1. The molecule has 0 radical (unpaired) electrons. The van der Waals surface area contributed by atoms with Crippen LogP contribution in [0.1, 0.15) is 26.2 Å². The highest BCUT2D eigenvalue weighted by Gasteiger charge is 2.31. The molecule has 0 aromatic rings. The molecule has 0 aromatic heterocycles. The van der Waals surface area contributed by atoms with Crippen LogP contribution in [0.2, 0.25) is 0 Å². The maximum atomic E-state index is 12.7. The Bertz CT molecular complexity index is 424. The fraction of sp³-hybridized carbons (Fsp3) is 1.00. The second-order valence-corrected chi connectivity index (χ2v) is 8.45. The van der Waals surface area contributed by atoms with E-state index < -0.39 is 10.0 Å². The Labute approximate surface area is 135 Å². The molecule has 0 bridgehead atoms. The second kappa shape index (κ2) is 8.59. The van der Waals surface area contributed by atoms with Gasteiger partial charge in [0.2, 0.25) is 10.0 Å². The van der Waals surface area contributed by atoms with Gasteiger partial charge in [0, 0.05) is 32.2 Å². The number of nitrogens with zero attached hydrogens (tertiary/aromatic N) is 3. The van der Waals surface area contributed by atoms with E-state index in [1.807, 2.05) is 0 Å². The van der Waals surface area contributed by atoms with Gasteiger partial charge in [0.1, 0.15) is 0 Å². The molecule has 6 nitrogen and oxygen atoms in total. The van der Waals surface area contributed by atoms with E-state index in [0.717, 1.165) is 58.8 Å². The van der Waals surface area contributed by atoms with Crippen LogP contribution in [0.3, 0.4) is 0 Å². The van der Waals surface area contributed by atoms with Gasteiger partial charge in [-0.05, 0) is 39.4 Å². The quantitative estimate of drug-likeness (QED) is 0.707. The van der Waals surface area contributed by atoms with E-state index in [0.29, 0.717) is 13.0 Å². The topological polar surface area (TPSA) is 53.1 Å². The van der Waals surface area contributed by atoms with Gasteiger partial charge in [0.25, 0.3) is 0 Å². The largest absolute Gasteiger partial charge is 0.379 e. The van der Waals surface area contributed by atoms with Crippen molar-refractivity contribution in [3.8, 4) is 0 Å². The molecule has 1 unspecified atom stereocenters. The molecular formula is C15H31N3O3S. The summed E-state index contributed by atoms with van der Waals surface area (Å²) in [4.78, 5) is 4.55. The van der Waals surface area contributed by atoms with Crippen molar-refractivity contribution in [1.82, 2.24) is 14.1 Å². The van der Waals surface area contributed by atoms with E-state index in [-0.39, 0.29) is 11.8 Å². The summed E-state index contributed by atoms with van der Waals surface area (Å²) in [6.45, 7) is 8.82. The fourth-order valence-electron chi connectivity index (χ4n) is 3.33. The van der Waals surface area contributed by atoms with Crippen molar-refractivity contribution in [2.24, 2.45) is 0 Å². The van der Waals surface area contributed by atoms with Crippen molar-refractivity contribution >= 4 is 10.0 Å². The molecule has 7 heteroatoms. The maximum absolute atomic E-state index is 12.7. The molecule has 0 spiro atoms. The van der Waals surface area contributed by atoms with E-state index in [4.69, 9.17) is 4.74 Å². The minimum Gasteiger partial charge on any atom is -0.379 e. The lowest BCUT2D eigenvalue weighted by atomic mass is 10.2. The Hall–Kier alpha value is -0.210. The molecule has 1 atom stereocenters. The molecule has 2 heterocycles. The molecule has 0 aliphatic carbocycles. The van der Waals surface area contributed by atoms with Crippen LogP contribution in [0, 0.1) is 0 Å². The highest BCUT2D eigenvalue weighted by atomic mass is 32.2. The van der Waals surface area contributed by atoms with Crippen molar-refractivity contribution in [3.05, 3.63) is 0 Å². The molecule has 2 aliphatic heterocycles. The second-order valence-electron chi connectivity index (χ2n) is 6.41. The normalized spacial score (nSPS) is 26.9. The lowest BCUT2D eigenvalue weighted by Crippen LogP contribution is -2.45. The number of rotatable bonds is 6. The zero-order valence-corrected chi connectivity index (χ0v) is 14.9. The Morgan fingerprint density at radius 2 is 1.86 bits per heavy atom. The number of likely N-dealkylation sites (N-methyl/N-ethyl adjacent to an activating group) is 1. The van der Waals surface area contributed by atoms with Crippen LogP contribution in [-0.2, 0) is 14.8 Å². The molecule has 2 saturated heterocycles. The van der Waals surface area contributed by atoms with Crippen molar-refractivity contribution < 1.29 is 13.2 Å². The number of hydrogen-bond acceptors (Lipinski definition) is 5. The molecule has 0 saturated carbocycles. The highest BCUT2D eigenvalue weighted by Crippen LogP contribution is 2.17. The average molecular weight is 333 g/mol. The predicted molar refractivity (Wildman–Crippen MR) is 88.6 cm³/mol. The third kappa shape index (κ3) is 5.16. The van der Waals surface area contributed by atoms with Gasteiger partial charge >= 0.3 is 0 Å². The van der Waals surface area contributed by atoms with E-state index in [2.05, 4.69) is 23.8 Å². The molecule has 2 fully saturated rings. The van der Waals surface area contributed by atoms with E-state index in [1.165, 1.54) is 0 Å².